The summed E-state index contributed by atoms with van der Waals surface area (Å²) in [6.45, 7) is 4.92. The van der Waals surface area contributed by atoms with Gasteiger partial charge >= 0.3 is 0 Å². The highest BCUT2D eigenvalue weighted by Gasteiger charge is 2.23. The van der Waals surface area contributed by atoms with Crippen molar-refractivity contribution in [1.29, 1.82) is 0 Å². The molecule has 0 aliphatic carbocycles. The van der Waals surface area contributed by atoms with Crippen LogP contribution in [0.2, 0.25) is 0 Å². The normalized spacial score (nSPS) is 15.5. The number of piperidine rings is 1. The van der Waals surface area contributed by atoms with Crippen LogP contribution >= 0.6 is 0 Å². The van der Waals surface area contributed by atoms with Gasteiger partial charge in [-0.05, 0) is 37.5 Å². The molecular formula is C23H26N4O. The van der Waals surface area contributed by atoms with Gasteiger partial charge < -0.3 is 5.32 Å². The minimum Gasteiger partial charge on any atom is -0.349 e. The van der Waals surface area contributed by atoms with Crippen molar-refractivity contribution in [3.05, 3.63) is 83.7 Å². The quantitative estimate of drug-likeness (QED) is 0.743. The second-order valence-corrected chi connectivity index (χ2v) is 7.40. The van der Waals surface area contributed by atoms with E-state index in [0.29, 0.717) is 5.56 Å². The molecular weight excluding hydrogens is 348 g/mol. The lowest BCUT2D eigenvalue weighted by Crippen LogP contribution is -2.44. The summed E-state index contributed by atoms with van der Waals surface area (Å²) in [7, 11) is 0. The number of hydrogen-bond donors (Lipinski definition) is 1. The van der Waals surface area contributed by atoms with Gasteiger partial charge in [0.2, 0.25) is 0 Å². The van der Waals surface area contributed by atoms with Crippen LogP contribution < -0.4 is 5.32 Å². The Kier molecular flexibility index (Phi) is 5.53. The Morgan fingerprint density at radius 2 is 1.68 bits per heavy atom. The van der Waals surface area contributed by atoms with Crippen LogP contribution in [0.1, 0.15) is 34.5 Å². The van der Waals surface area contributed by atoms with Crippen molar-refractivity contribution in [2.75, 3.05) is 13.1 Å². The third-order valence-electron chi connectivity index (χ3n) is 5.43. The van der Waals surface area contributed by atoms with Gasteiger partial charge in [-0.15, -0.1) is 0 Å². The number of rotatable bonds is 5. The largest absolute Gasteiger partial charge is 0.349 e. The van der Waals surface area contributed by atoms with Crippen molar-refractivity contribution in [2.24, 2.45) is 0 Å². The number of likely N-dealkylation sites (tertiary alicyclic amines) is 1. The fraction of sp³-hybridized carbons (Fsp3) is 0.304. The van der Waals surface area contributed by atoms with Crippen LogP contribution in [0.15, 0.2) is 66.9 Å². The molecule has 1 fully saturated rings. The zero-order chi connectivity index (χ0) is 19.3. The summed E-state index contributed by atoms with van der Waals surface area (Å²) in [4.78, 5) is 15.2. The number of para-hydroxylation sites is 1. The van der Waals surface area contributed by atoms with Crippen LogP contribution in [-0.2, 0) is 6.54 Å². The summed E-state index contributed by atoms with van der Waals surface area (Å²) < 4.78 is 1.82. The molecule has 1 aliphatic heterocycles. The Bertz CT molecular complexity index is 912. The van der Waals surface area contributed by atoms with Gasteiger partial charge in [-0.3, -0.25) is 9.69 Å². The van der Waals surface area contributed by atoms with E-state index < -0.39 is 0 Å². The molecule has 4 rings (SSSR count). The highest BCUT2D eigenvalue weighted by atomic mass is 16.1. The van der Waals surface area contributed by atoms with Crippen LogP contribution in [0.4, 0.5) is 0 Å². The van der Waals surface area contributed by atoms with Crippen LogP contribution in [0.25, 0.3) is 5.69 Å². The van der Waals surface area contributed by atoms with Crippen LogP contribution in [0.5, 0.6) is 0 Å². The van der Waals surface area contributed by atoms with E-state index in [9.17, 15) is 4.79 Å². The molecule has 28 heavy (non-hydrogen) atoms. The van der Waals surface area contributed by atoms with Gasteiger partial charge in [0.15, 0.2) is 0 Å². The maximum atomic E-state index is 12.8. The first-order valence-electron chi connectivity index (χ1n) is 9.88. The average Bonchev–Trinajstić information content (AvgIpc) is 3.12. The second-order valence-electron chi connectivity index (χ2n) is 7.40. The minimum atomic E-state index is -0.0267. The molecule has 144 valence electrons. The molecule has 0 saturated carbocycles. The number of carbonyl (C=O) groups is 1. The maximum Gasteiger partial charge on any atom is 0.254 e. The summed E-state index contributed by atoms with van der Waals surface area (Å²) in [6, 6.07) is 20.7. The molecule has 5 nitrogen and oxygen atoms in total. The van der Waals surface area contributed by atoms with Gasteiger partial charge in [0.25, 0.3) is 5.91 Å². The molecule has 2 heterocycles. The van der Waals surface area contributed by atoms with Gasteiger partial charge in [-0.25, -0.2) is 4.68 Å². The van der Waals surface area contributed by atoms with Crippen molar-refractivity contribution in [2.45, 2.75) is 32.4 Å². The Morgan fingerprint density at radius 1 is 1.04 bits per heavy atom. The van der Waals surface area contributed by atoms with Gasteiger partial charge in [0.05, 0.1) is 23.1 Å². The van der Waals surface area contributed by atoms with E-state index in [1.54, 1.807) is 6.20 Å². The Morgan fingerprint density at radius 3 is 2.36 bits per heavy atom. The first-order valence-corrected chi connectivity index (χ1v) is 9.88. The van der Waals surface area contributed by atoms with E-state index in [0.717, 1.165) is 43.9 Å². The van der Waals surface area contributed by atoms with E-state index in [-0.39, 0.29) is 11.9 Å². The predicted octanol–water partition coefficient (Wildman–Crippen LogP) is 3.58. The Labute approximate surface area is 166 Å². The molecule has 1 amide bonds. The smallest absolute Gasteiger partial charge is 0.254 e. The van der Waals surface area contributed by atoms with Crippen molar-refractivity contribution < 1.29 is 4.79 Å². The van der Waals surface area contributed by atoms with E-state index >= 15 is 0 Å². The highest BCUT2D eigenvalue weighted by Crippen LogP contribution is 2.17. The first-order chi connectivity index (χ1) is 13.7. The second kappa shape index (κ2) is 8.40. The lowest BCUT2D eigenvalue weighted by Gasteiger charge is -2.32. The Balaban J connectivity index is 1.33. The van der Waals surface area contributed by atoms with Crippen molar-refractivity contribution in [3.63, 3.8) is 0 Å². The number of amides is 1. The molecule has 0 bridgehead atoms. The van der Waals surface area contributed by atoms with E-state index in [2.05, 4.69) is 39.6 Å². The summed E-state index contributed by atoms with van der Waals surface area (Å²) in [6.07, 6.45) is 3.62. The number of nitrogens with zero attached hydrogens (tertiary/aromatic N) is 3. The zero-order valence-electron chi connectivity index (χ0n) is 16.2. The molecule has 1 aromatic heterocycles. The summed E-state index contributed by atoms with van der Waals surface area (Å²) in [5, 5.41) is 7.61. The van der Waals surface area contributed by atoms with Crippen LogP contribution in [0, 0.1) is 6.92 Å². The van der Waals surface area contributed by atoms with Crippen molar-refractivity contribution in [1.82, 2.24) is 20.0 Å². The Hall–Kier alpha value is -2.92. The fourth-order valence-corrected chi connectivity index (χ4v) is 3.80. The molecule has 1 saturated heterocycles. The minimum absolute atomic E-state index is 0.0267. The number of hydrogen-bond acceptors (Lipinski definition) is 3. The molecule has 0 radical (unpaired) electrons. The highest BCUT2D eigenvalue weighted by molar-refractivity contribution is 5.95. The topological polar surface area (TPSA) is 50.2 Å². The van der Waals surface area contributed by atoms with Crippen LogP contribution in [0.3, 0.4) is 0 Å². The molecule has 5 heteroatoms. The SMILES string of the molecule is Cc1c(C(=O)NC2CCN(Cc3ccccc3)CC2)cnn1-c1ccccc1. The molecule has 1 N–H and O–H groups in total. The summed E-state index contributed by atoms with van der Waals surface area (Å²) in [5.74, 6) is -0.0267. The third-order valence-corrected chi connectivity index (χ3v) is 5.43. The van der Waals surface area contributed by atoms with Gasteiger partial charge in [0.1, 0.15) is 0 Å². The average molecular weight is 374 g/mol. The number of carbonyl (C=O) groups excluding carboxylic acids is 1. The molecule has 0 atom stereocenters. The lowest BCUT2D eigenvalue weighted by molar-refractivity contribution is 0.0908. The lowest BCUT2D eigenvalue weighted by atomic mass is 10.0. The van der Waals surface area contributed by atoms with Gasteiger partial charge in [-0.2, -0.15) is 5.10 Å². The van der Waals surface area contributed by atoms with Crippen molar-refractivity contribution >= 4 is 5.91 Å². The first kappa shape index (κ1) is 18.4. The van der Waals surface area contributed by atoms with E-state index in [1.165, 1.54) is 5.56 Å². The zero-order valence-corrected chi connectivity index (χ0v) is 16.2. The molecule has 0 spiro atoms. The summed E-state index contributed by atoms with van der Waals surface area (Å²) >= 11 is 0. The molecule has 3 aromatic rings. The van der Waals surface area contributed by atoms with Crippen LogP contribution in [-0.4, -0.2) is 39.7 Å². The van der Waals surface area contributed by atoms with Gasteiger partial charge in [0, 0.05) is 25.7 Å². The monoisotopic (exact) mass is 374 g/mol. The molecule has 2 aromatic carbocycles. The fourth-order valence-electron chi connectivity index (χ4n) is 3.80. The van der Waals surface area contributed by atoms with Crippen molar-refractivity contribution in [3.8, 4) is 5.69 Å². The predicted molar refractivity (Wildman–Crippen MR) is 111 cm³/mol. The molecule has 0 unspecified atom stereocenters. The summed E-state index contributed by atoms with van der Waals surface area (Å²) in [5.41, 5.74) is 3.82. The van der Waals surface area contributed by atoms with E-state index in [1.807, 2.05) is 48.0 Å². The maximum absolute atomic E-state index is 12.8. The number of nitrogens with one attached hydrogen (secondary N) is 1. The number of aromatic nitrogens is 2. The number of benzene rings is 2. The van der Waals surface area contributed by atoms with Gasteiger partial charge in [-0.1, -0.05) is 48.5 Å². The standard InChI is InChI=1S/C23H26N4O/c1-18-22(16-24-27(18)21-10-6-3-7-11-21)23(28)25-20-12-14-26(15-13-20)17-19-8-4-2-5-9-19/h2-11,16,20H,12-15,17H2,1H3,(H,25,28). The third kappa shape index (κ3) is 4.15. The van der Waals surface area contributed by atoms with E-state index in [4.69, 9.17) is 0 Å². The molecule has 1 aliphatic rings.